The summed E-state index contributed by atoms with van der Waals surface area (Å²) in [6.07, 6.45) is -7.02. The molecule has 0 spiro atoms. The standard InChI is InChI=1S/C14H16FN5O7/c1-3-5(22)26-12-6(15)8(25-4(2)21)11(27-12)20-9-7(17-14(20)24)10(23)19-13(16)18-9/h6,8,11-12H,3H2,1-2H3,(H,17,24)(H3,16,18,19,23)/t6-,8-,11-,12+/m1/s1. The van der Waals surface area contributed by atoms with Crippen LogP contribution in [0.5, 0.6) is 0 Å². The zero-order chi connectivity index (χ0) is 19.9. The Bertz CT molecular complexity index is 1010. The number of fused-ring (bicyclic) bond motifs is 1. The minimum absolute atomic E-state index is 0.0457. The van der Waals surface area contributed by atoms with Crippen LogP contribution < -0.4 is 17.0 Å². The molecule has 2 aromatic rings. The van der Waals surface area contributed by atoms with Gasteiger partial charge in [0, 0.05) is 13.3 Å². The summed E-state index contributed by atoms with van der Waals surface area (Å²) in [4.78, 5) is 55.4. The van der Waals surface area contributed by atoms with Crippen LogP contribution in [-0.4, -0.2) is 50.0 Å². The van der Waals surface area contributed by atoms with E-state index in [1.807, 2.05) is 0 Å². The summed E-state index contributed by atoms with van der Waals surface area (Å²) < 4.78 is 30.6. The van der Waals surface area contributed by atoms with Crippen LogP contribution in [0.1, 0.15) is 26.5 Å². The van der Waals surface area contributed by atoms with Crippen molar-refractivity contribution in [3.8, 4) is 0 Å². The number of rotatable bonds is 4. The van der Waals surface area contributed by atoms with Gasteiger partial charge in [0.15, 0.2) is 23.5 Å². The predicted molar refractivity (Wildman–Crippen MR) is 86.1 cm³/mol. The number of nitrogens with two attached hydrogens (primary N) is 1. The zero-order valence-corrected chi connectivity index (χ0v) is 14.2. The number of hydrogen-bond acceptors (Lipinski definition) is 9. The molecule has 2 aromatic heterocycles. The smallest absolute Gasteiger partial charge is 0.330 e. The van der Waals surface area contributed by atoms with Crippen molar-refractivity contribution in [1.82, 2.24) is 19.5 Å². The first kappa shape index (κ1) is 18.6. The zero-order valence-electron chi connectivity index (χ0n) is 14.2. The van der Waals surface area contributed by atoms with Gasteiger partial charge in [0.1, 0.15) is 0 Å². The lowest BCUT2D eigenvalue weighted by atomic mass is 10.2. The highest BCUT2D eigenvalue weighted by Gasteiger charge is 2.51. The molecule has 0 saturated carbocycles. The van der Waals surface area contributed by atoms with E-state index >= 15 is 0 Å². The molecule has 0 bridgehead atoms. The summed E-state index contributed by atoms with van der Waals surface area (Å²) >= 11 is 0. The maximum absolute atomic E-state index is 14.7. The Hall–Kier alpha value is -3.22. The van der Waals surface area contributed by atoms with Crippen LogP contribution in [0.25, 0.3) is 11.2 Å². The van der Waals surface area contributed by atoms with Crippen molar-refractivity contribution >= 4 is 29.1 Å². The molecular weight excluding hydrogens is 369 g/mol. The molecule has 0 aromatic carbocycles. The summed E-state index contributed by atoms with van der Waals surface area (Å²) in [5, 5.41) is 0. The van der Waals surface area contributed by atoms with Crippen molar-refractivity contribution in [2.45, 2.75) is 45.1 Å². The molecular formula is C14H16FN5O7. The Morgan fingerprint density at radius 3 is 2.67 bits per heavy atom. The van der Waals surface area contributed by atoms with Crippen molar-refractivity contribution in [1.29, 1.82) is 0 Å². The fourth-order valence-electron chi connectivity index (χ4n) is 2.70. The molecule has 146 valence electrons. The summed E-state index contributed by atoms with van der Waals surface area (Å²) in [6, 6.07) is 0. The van der Waals surface area contributed by atoms with Crippen LogP contribution in [0.4, 0.5) is 10.3 Å². The van der Waals surface area contributed by atoms with Crippen molar-refractivity contribution in [2.24, 2.45) is 0 Å². The summed E-state index contributed by atoms with van der Waals surface area (Å²) in [5.74, 6) is -1.90. The molecule has 1 saturated heterocycles. The topological polar surface area (TPSA) is 171 Å². The fourth-order valence-corrected chi connectivity index (χ4v) is 2.70. The summed E-state index contributed by atoms with van der Waals surface area (Å²) in [7, 11) is 0. The number of carbonyl (C=O) groups excluding carboxylic acids is 2. The van der Waals surface area contributed by atoms with Gasteiger partial charge in [-0.05, 0) is 0 Å². The Morgan fingerprint density at radius 2 is 2.04 bits per heavy atom. The minimum Gasteiger partial charge on any atom is -0.454 e. The number of nitrogen functional groups attached to an aromatic ring is 1. The molecule has 1 fully saturated rings. The fraction of sp³-hybridized carbons (Fsp3) is 0.500. The van der Waals surface area contributed by atoms with Crippen LogP contribution in [0.15, 0.2) is 9.59 Å². The highest BCUT2D eigenvalue weighted by molar-refractivity contribution is 5.71. The lowest BCUT2D eigenvalue weighted by molar-refractivity contribution is -0.188. The number of anilines is 1. The van der Waals surface area contributed by atoms with Crippen LogP contribution in [-0.2, 0) is 23.8 Å². The SMILES string of the molecule is CCC(=O)O[C@H]1O[C@@H](n2c(=O)[nH]c3c(=O)[nH]c(N)nc32)[C@H](OC(C)=O)[C@H]1F. The lowest BCUT2D eigenvalue weighted by Gasteiger charge is -2.19. The van der Waals surface area contributed by atoms with Gasteiger partial charge < -0.3 is 19.9 Å². The van der Waals surface area contributed by atoms with E-state index in [0.717, 1.165) is 11.5 Å². The van der Waals surface area contributed by atoms with Crippen LogP contribution in [0.3, 0.4) is 0 Å². The number of carbonyl (C=O) groups is 2. The van der Waals surface area contributed by atoms with Crippen molar-refractivity contribution in [3.63, 3.8) is 0 Å². The number of hydrogen-bond donors (Lipinski definition) is 3. The minimum atomic E-state index is -2.08. The third kappa shape index (κ3) is 3.28. The first-order valence-corrected chi connectivity index (χ1v) is 7.89. The third-order valence-corrected chi connectivity index (χ3v) is 3.82. The largest absolute Gasteiger partial charge is 0.454 e. The van der Waals surface area contributed by atoms with Gasteiger partial charge in [-0.25, -0.2) is 13.8 Å². The number of nitrogens with one attached hydrogen (secondary N) is 2. The number of nitrogens with zero attached hydrogens (tertiary/aromatic N) is 2. The second-order valence-electron chi connectivity index (χ2n) is 5.71. The molecule has 27 heavy (non-hydrogen) atoms. The first-order valence-electron chi connectivity index (χ1n) is 7.89. The molecule has 1 aliphatic heterocycles. The van der Waals surface area contributed by atoms with Gasteiger partial charge in [0.25, 0.3) is 5.56 Å². The number of aromatic nitrogens is 4. The Balaban J connectivity index is 2.10. The molecule has 1 aliphatic rings. The highest BCUT2D eigenvalue weighted by Crippen LogP contribution is 2.35. The van der Waals surface area contributed by atoms with E-state index in [1.54, 1.807) is 0 Å². The molecule has 3 heterocycles. The van der Waals surface area contributed by atoms with Crippen LogP contribution in [0.2, 0.25) is 0 Å². The van der Waals surface area contributed by atoms with E-state index < -0.39 is 48.0 Å². The van der Waals surface area contributed by atoms with Crippen molar-refractivity contribution < 1.29 is 28.2 Å². The van der Waals surface area contributed by atoms with E-state index in [0.29, 0.717) is 0 Å². The molecule has 13 heteroatoms. The predicted octanol–water partition coefficient (Wildman–Crippen LogP) is -0.927. The summed E-state index contributed by atoms with van der Waals surface area (Å²) in [6.45, 7) is 2.53. The molecule has 12 nitrogen and oxygen atoms in total. The second kappa shape index (κ2) is 6.83. The monoisotopic (exact) mass is 385 g/mol. The average Bonchev–Trinajstić information content (AvgIpc) is 3.05. The molecule has 0 aliphatic carbocycles. The summed E-state index contributed by atoms with van der Waals surface area (Å²) in [5.41, 5.74) is 3.40. The van der Waals surface area contributed by atoms with Gasteiger partial charge in [-0.3, -0.25) is 24.4 Å². The maximum atomic E-state index is 14.7. The Morgan fingerprint density at radius 1 is 1.33 bits per heavy atom. The van der Waals surface area contributed by atoms with Gasteiger partial charge in [0.2, 0.25) is 18.4 Å². The highest BCUT2D eigenvalue weighted by atomic mass is 19.1. The van der Waals surface area contributed by atoms with E-state index in [4.69, 9.17) is 19.9 Å². The number of esters is 2. The molecule has 0 unspecified atom stereocenters. The molecule has 4 N–H and O–H groups in total. The third-order valence-electron chi connectivity index (χ3n) is 3.82. The number of alkyl halides is 1. The maximum Gasteiger partial charge on any atom is 0.330 e. The van der Waals surface area contributed by atoms with Gasteiger partial charge >= 0.3 is 17.6 Å². The van der Waals surface area contributed by atoms with E-state index in [1.165, 1.54) is 6.92 Å². The first-order chi connectivity index (χ1) is 12.7. The van der Waals surface area contributed by atoms with Crippen LogP contribution in [0, 0.1) is 0 Å². The van der Waals surface area contributed by atoms with E-state index in [2.05, 4.69) is 15.0 Å². The number of imidazole rings is 1. The van der Waals surface area contributed by atoms with Gasteiger partial charge in [-0.2, -0.15) is 4.98 Å². The average molecular weight is 385 g/mol. The van der Waals surface area contributed by atoms with Crippen molar-refractivity contribution in [3.05, 3.63) is 20.8 Å². The van der Waals surface area contributed by atoms with Gasteiger partial charge in [-0.1, -0.05) is 6.92 Å². The number of halogens is 1. The van der Waals surface area contributed by atoms with Crippen LogP contribution >= 0.6 is 0 Å². The molecule has 0 amide bonds. The Kier molecular flexibility index (Phi) is 4.70. The number of aromatic amines is 2. The normalized spacial score (nSPS) is 24.9. The number of H-pyrrole nitrogens is 2. The van der Waals surface area contributed by atoms with Crippen molar-refractivity contribution in [2.75, 3.05) is 5.73 Å². The van der Waals surface area contributed by atoms with Gasteiger partial charge in [-0.15, -0.1) is 0 Å². The molecule has 3 rings (SSSR count). The number of ether oxygens (including phenoxy) is 3. The molecule has 0 radical (unpaired) electrons. The Labute approximate surface area is 149 Å². The molecule has 4 atom stereocenters. The van der Waals surface area contributed by atoms with E-state index in [9.17, 15) is 23.6 Å². The van der Waals surface area contributed by atoms with Gasteiger partial charge in [0.05, 0.1) is 0 Å². The lowest BCUT2D eigenvalue weighted by Crippen LogP contribution is -2.36. The quantitative estimate of drug-likeness (QED) is 0.562. The second-order valence-corrected chi connectivity index (χ2v) is 5.71. The van der Waals surface area contributed by atoms with E-state index in [-0.39, 0.29) is 23.5 Å².